The third-order valence-electron chi connectivity index (χ3n) is 5.06. The molecule has 1 saturated heterocycles. The molecule has 4 atom stereocenters. The topological polar surface area (TPSA) is 143 Å². The molecule has 3 aromatic rings. The van der Waals surface area contributed by atoms with Gasteiger partial charge in [-0.1, -0.05) is 6.07 Å². The van der Waals surface area contributed by atoms with Crippen molar-refractivity contribution in [1.29, 1.82) is 0 Å². The summed E-state index contributed by atoms with van der Waals surface area (Å²) in [4.78, 5) is 23.7. The van der Waals surface area contributed by atoms with Crippen LogP contribution in [0.1, 0.15) is 5.56 Å². The van der Waals surface area contributed by atoms with Gasteiger partial charge < -0.3 is 30.6 Å². The zero-order chi connectivity index (χ0) is 19.8. The molecule has 3 unspecified atom stereocenters. The lowest BCUT2D eigenvalue weighted by atomic mass is 10.0. The van der Waals surface area contributed by atoms with Gasteiger partial charge in [-0.3, -0.25) is 9.63 Å². The van der Waals surface area contributed by atoms with Gasteiger partial charge in [-0.25, -0.2) is 0 Å². The first-order valence-corrected chi connectivity index (χ1v) is 8.94. The normalized spacial score (nSPS) is 25.1. The standard InChI is InChI=1S/C19H22N4O5/c1-9-11-5-4-10(21-18-17(26)16(25)14(8-24)28-23-18)7-13(11)22-19(27)15(9)12-3-2-6-20-12/h2-7,14,16-18,20-21,23-26H,8H2,1H3,(H,22,27)/t14?,16-,17?,18?/m0/s1. The summed E-state index contributed by atoms with van der Waals surface area (Å²) >= 11 is 0. The van der Waals surface area contributed by atoms with E-state index in [1.54, 1.807) is 12.3 Å². The average Bonchev–Trinajstić information content (AvgIpc) is 3.20. The Balaban J connectivity index is 1.64. The van der Waals surface area contributed by atoms with Crippen LogP contribution in [0.4, 0.5) is 5.69 Å². The number of fused-ring (bicyclic) bond motifs is 1. The van der Waals surface area contributed by atoms with Crippen LogP contribution in [0.25, 0.3) is 22.2 Å². The highest BCUT2D eigenvalue weighted by atomic mass is 16.7. The molecule has 9 nitrogen and oxygen atoms in total. The highest BCUT2D eigenvalue weighted by molar-refractivity contribution is 5.89. The van der Waals surface area contributed by atoms with Crippen LogP contribution in [-0.2, 0) is 4.84 Å². The predicted molar refractivity (Wildman–Crippen MR) is 104 cm³/mol. The summed E-state index contributed by atoms with van der Waals surface area (Å²) in [6.45, 7) is 1.48. The summed E-state index contributed by atoms with van der Waals surface area (Å²) in [5, 5.41) is 33.2. The molecule has 1 aliphatic rings. The molecule has 1 aromatic carbocycles. The Morgan fingerprint density at radius 1 is 1.21 bits per heavy atom. The average molecular weight is 386 g/mol. The van der Waals surface area contributed by atoms with Crippen LogP contribution in [0.5, 0.6) is 0 Å². The van der Waals surface area contributed by atoms with Crippen molar-refractivity contribution in [3.8, 4) is 11.3 Å². The second-order valence-corrected chi connectivity index (χ2v) is 6.86. The molecular weight excluding hydrogens is 364 g/mol. The Kier molecular flexibility index (Phi) is 4.92. The number of nitrogens with one attached hydrogen (secondary N) is 4. The van der Waals surface area contributed by atoms with Crippen LogP contribution in [0.15, 0.2) is 41.3 Å². The summed E-state index contributed by atoms with van der Waals surface area (Å²) in [5.74, 6) is 0. The van der Waals surface area contributed by atoms with Gasteiger partial charge in [0.15, 0.2) is 0 Å². The minimum atomic E-state index is -1.24. The van der Waals surface area contributed by atoms with Gasteiger partial charge in [0.25, 0.3) is 5.56 Å². The van der Waals surface area contributed by atoms with E-state index >= 15 is 0 Å². The lowest BCUT2D eigenvalue weighted by Gasteiger charge is -2.37. The SMILES string of the molecule is Cc1c(-c2ccc[nH]2)c(=O)[nH]c2cc(NC3NOC(CO)[C@H](O)C3O)ccc12. The highest BCUT2D eigenvalue weighted by Crippen LogP contribution is 2.26. The Morgan fingerprint density at radius 3 is 2.75 bits per heavy atom. The summed E-state index contributed by atoms with van der Waals surface area (Å²) < 4.78 is 0. The third-order valence-corrected chi connectivity index (χ3v) is 5.06. The van der Waals surface area contributed by atoms with Gasteiger partial charge in [-0.15, -0.1) is 0 Å². The van der Waals surface area contributed by atoms with E-state index in [-0.39, 0.29) is 5.56 Å². The molecule has 0 radical (unpaired) electrons. The smallest absolute Gasteiger partial charge is 0.258 e. The van der Waals surface area contributed by atoms with Crippen LogP contribution in [0, 0.1) is 6.92 Å². The van der Waals surface area contributed by atoms with E-state index in [1.807, 2.05) is 31.2 Å². The lowest BCUT2D eigenvalue weighted by Crippen LogP contribution is -2.62. The number of aryl methyl sites for hydroxylation is 1. The summed E-state index contributed by atoms with van der Waals surface area (Å²) in [6.07, 6.45) is -2.37. The van der Waals surface area contributed by atoms with Gasteiger partial charge in [0, 0.05) is 17.3 Å². The van der Waals surface area contributed by atoms with Gasteiger partial charge in [-0.05, 0) is 36.8 Å². The number of aromatic nitrogens is 2. The maximum absolute atomic E-state index is 12.6. The Bertz CT molecular complexity index is 1030. The molecule has 0 saturated carbocycles. The van der Waals surface area contributed by atoms with Crippen molar-refractivity contribution >= 4 is 16.6 Å². The zero-order valence-electron chi connectivity index (χ0n) is 15.1. The number of aliphatic hydroxyl groups is 3. The Hall–Kier alpha value is -2.69. The van der Waals surface area contributed by atoms with Gasteiger partial charge in [-0.2, -0.15) is 5.48 Å². The molecule has 0 bridgehead atoms. The van der Waals surface area contributed by atoms with E-state index in [2.05, 4.69) is 20.8 Å². The minimum Gasteiger partial charge on any atom is -0.393 e. The molecule has 9 heteroatoms. The molecule has 0 aliphatic carbocycles. The van der Waals surface area contributed by atoms with Crippen molar-refractivity contribution in [2.45, 2.75) is 31.4 Å². The van der Waals surface area contributed by atoms with Crippen molar-refractivity contribution in [3.05, 3.63) is 52.4 Å². The van der Waals surface area contributed by atoms with E-state index in [1.165, 1.54) is 0 Å². The van der Waals surface area contributed by atoms with Crippen LogP contribution in [-0.4, -0.2) is 56.4 Å². The fourth-order valence-electron chi connectivity index (χ4n) is 3.52. The number of hydroxylamine groups is 1. The molecule has 148 valence electrons. The molecule has 3 heterocycles. The number of pyridine rings is 1. The van der Waals surface area contributed by atoms with Crippen LogP contribution < -0.4 is 16.4 Å². The number of hydrogen-bond acceptors (Lipinski definition) is 7. The maximum atomic E-state index is 12.6. The summed E-state index contributed by atoms with van der Waals surface area (Å²) in [5.41, 5.74) is 5.84. The molecule has 4 rings (SSSR count). The number of benzene rings is 1. The van der Waals surface area contributed by atoms with Crippen molar-refractivity contribution < 1.29 is 20.2 Å². The molecular formula is C19H22N4O5. The lowest BCUT2D eigenvalue weighted by molar-refractivity contribution is -0.197. The first-order valence-electron chi connectivity index (χ1n) is 8.94. The molecule has 0 amide bonds. The minimum absolute atomic E-state index is 0.204. The number of aromatic amines is 2. The van der Waals surface area contributed by atoms with Crippen molar-refractivity contribution in [2.24, 2.45) is 0 Å². The number of anilines is 1. The summed E-state index contributed by atoms with van der Waals surface area (Å²) in [6, 6.07) is 9.12. The third kappa shape index (κ3) is 3.19. The zero-order valence-corrected chi connectivity index (χ0v) is 15.1. The molecule has 28 heavy (non-hydrogen) atoms. The Morgan fingerprint density at radius 2 is 2.04 bits per heavy atom. The number of rotatable bonds is 4. The van der Waals surface area contributed by atoms with Gasteiger partial charge in [0.2, 0.25) is 0 Å². The Labute approximate surface area is 159 Å². The van der Waals surface area contributed by atoms with E-state index in [0.717, 1.165) is 16.6 Å². The van der Waals surface area contributed by atoms with Crippen LogP contribution >= 0.6 is 0 Å². The monoisotopic (exact) mass is 386 g/mol. The molecule has 1 fully saturated rings. The van der Waals surface area contributed by atoms with E-state index in [4.69, 9.17) is 9.94 Å². The van der Waals surface area contributed by atoms with Crippen LogP contribution in [0.3, 0.4) is 0 Å². The largest absolute Gasteiger partial charge is 0.393 e. The highest BCUT2D eigenvalue weighted by Gasteiger charge is 2.38. The molecule has 7 N–H and O–H groups in total. The van der Waals surface area contributed by atoms with Crippen LogP contribution in [0.2, 0.25) is 0 Å². The van der Waals surface area contributed by atoms with Gasteiger partial charge in [0.05, 0.1) is 23.4 Å². The van der Waals surface area contributed by atoms with E-state index < -0.39 is 31.1 Å². The quantitative estimate of drug-likeness (QED) is 0.339. The van der Waals surface area contributed by atoms with Crippen molar-refractivity contribution in [1.82, 2.24) is 15.4 Å². The van der Waals surface area contributed by atoms with E-state index in [0.29, 0.717) is 16.8 Å². The van der Waals surface area contributed by atoms with Gasteiger partial charge in [0.1, 0.15) is 24.5 Å². The first-order chi connectivity index (χ1) is 13.5. The molecule has 0 spiro atoms. The first kappa shape index (κ1) is 18.7. The molecule has 1 aliphatic heterocycles. The fraction of sp³-hybridized carbons (Fsp3) is 0.316. The van der Waals surface area contributed by atoms with Gasteiger partial charge >= 0.3 is 0 Å². The fourth-order valence-corrected chi connectivity index (χ4v) is 3.52. The second-order valence-electron chi connectivity index (χ2n) is 6.86. The van der Waals surface area contributed by atoms with Crippen molar-refractivity contribution in [2.75, 3.05) is 11.9 Å². The van der Waals surface area contributed by atoms with E-state index in [9.17, 15) is 15.0 Å². The summed E-state index contributed by atoms with van der Waals surface area (Å²) in [7, 11) is 0. The number of hydrogen-bond donors (Lipinski definition) is 7. The predicted octanol–water partition coefficient (Wildman–Crippen LogP) is 0.187. The maximum Gasteiger partial charge on any atom is 0.258 e. The van der Waals surface area contributed by atoms with Crippen molar-refractivity contribution in [3.63, 3.8) is 0 Å². The number of H-pyrrole nitrogens is 2. The molecule has 2 aromatic heterocycles. The second kappa shape index (κ2) is 7.38. The number of aliphatic hydroxyl groups excluding tert-OH is 3.